The van der Waals surface area contributed by atoms with E-state index >= 15 is 0 Å². The maximum absolute atomic E-state index is 11.7. The van der Waals surface area contributed by atoms with E-state index in [0.29, 0.717) is 12.2 Å². The summed E-state index contributed by atoms with van der Waals surface area (Å²) in [7, 11) is 0. The van der Waals surface area contributed by atoms with Crippen molar-refractivity contribution in [2.24, 2.45) is 0 Å². The number of pyridine rings is 1. The first-order valence-electron chi connectivity index (χ1n) is 14.5. The molecule has 0 saturated heterocycles. The number of thioether (sulfide) groups is 1. The summed E-state index contributed by atoms with van der Waals surface area (Å²) in [6.45, 7) is 8.49. The lowest BCUT2D eigenvalue weighted by Gasteiger charge is -2.32. The van der Waals surface area contributed by atoms with Crippen molar-refractivity contribution < 1.29 is 30.4 Å². The summed E-state index contributed by atoms with van der Waals surface area (Å²) >= 11 is 5.00. The zero-order valence-electron chi connectivity index (χ0n) is 27.8. The van der Waals surface area contributed by atoms with Crippen LogP contribution >= 0.6 is 24.7 Å². The molecule has 0 radical (unpaired) electrons. The molecule has 6 nitrogen and oxygen atoms in total. The molecule has 1 aliphatic rings. The van der Waals surface area contributed by atoms with Gasteiger partial charge < -0.3 is 4.74 Å². The third-order valence-electron chi connectivity index (χ3n) is 5.70. The van der Waals surface area contributed by atoms with Gasteiger partial charge in [0.2, 0.25) is 0 Å². The molecule has 1 aromatic heterocycles. The summed E-state index contributed by atoms with van der Waals surface area (Å²) in [6.07, 6.45) is 11.7. The molecule has 50 heavy (non-hydrogen) atoms. The third-order valence-corrected chi connectivity index (χ3v) is 6.86. The minimum absolute atomic E-state index is 0. The van der Waals surface area contributed by atoms with Gasteiger partial charge in [0, 0.05) is 47.3 Å². The maximum Gasteiger partial charge on any atom is 0.339 e. The Morgan fingerprint density at radius 2 is 1.48 bits per heavy atom. The number of nitrogens with zero attached hydrogens (tertiary/aromatic N) is 1. The molecule has 0 spiro atoms. The summed E-state index contributed by atoms with van der Waals surface area (Å²) in [5.74, 6) is 47.8. The molecule has 0 fully saturated rings. The lowest BCUT2D eigenvalue weighted by molar-refractivity contribution is -0.0249. The predicted octanol–water partition coefficient (Wildman–Crippen LogP) is 7.58. The summed E-state index contributed by atoms with van der Waals surface area (Å²) in [5.41, 5.74) is 5.42. The molecule has 2 N–H and O–H groups in total. The van der Waals surface area contributed by atoms with E-state index in [2.05, 4.69) is 173 Å². The zero-order chi connectivity index (χ0) is 36.7. The number of hydrogen-bond donors (Lipinski definition) is 3. The van der Waals surface area contributed by atoms with Gasteiger partial charge >= 0.3 is 5.97 Å². The summed E-state index contributed by atoms with van der Waals surface area (Å²) < 4.78 is 8.51. The molecule has 2 heterocycles. The van der Waals surface area contributed by atoms with Gasteiger partial charge in [-0.3, -0.25) is 10.2 Å². The smallest absolute Gasteiger partial charge is 0.339 e. The van der Waals surface area contributed by atoms with E-state index in [1.165, 1.54) is 33.8 Å². The van der Waals surface area contributed by atoms with E-state index in [-0.39, 0.29) is 22.8 Å². The standard InChI is InChI=1S/C21H23NO2S.C21H4.H3NO2S.8H2/c1-4-24-20(23)16-7-9-17(22-14-16)8-5-15-6-10-19-18(13-15)21(2,3)11-12-25-19;1-3-5-7-9-11-13-15-17-19-21-20-18-16-14-12-10-8-6-4-2;2-1-3-4;;;;;;;;/h5-10,13-14H,4,11-12H2,1-3H3;1H,2H3;1-2,4H;8*1H. The Morgan fingerprint density at radius 3 is 1.94 bits per heavy atom. The van der Waals surface area contributed by atoms with Crippen LogP contribution in [0.15, 0.2) is 41.4 Å². The summed E-state index contributed by atoms with van der Waals surface area (Å²) in [6, 6.07) is 10.2. The first-order valence-corrected chi connectivity index (χ1v) is 15.8. The molecule has 0 saturated carbocycles. The van der Waals surface area contributed by atoms with Gasteiger partial charge in [0.25, 0.3) is 0 Å². The fourth-order valence-corrected chi connectivity index (χ4v) is 4.93. The number of carbonyl (C=O) groups is 1. The number of fused-ring (bicyclic) bond motifs is 1. The van der Waals surface area contributed by atoms with E-state index in [9.17, 15) is 4.79 Å². The number of benzene rings is 1. The van der Waals surface area contributed by atoms with Gasteiger partial charge in [-0.1, -0.05) is 43.6 Å². The van der Waals surface area contributed by atoms with Crippen LogP contribution in [0, 0.1) is 119 Å². The normalized spacial score (nSPS) is 10.1. The molecular weight excluding hydrogens is 661 g/mol. The highest BCUT2D eigenvalue weighted by atomic mass is 32.2. The van der Waals surface area contributed by atoms with E-state index in [1.54, 1.807) is 26.1 Å². The Balaban J connectivity index is -0.000000118. The van der Waals surface area contributed by atoms with Crippen LogP contribution in [0.1, 0.15) is 72.7 Å². The highest BCUT2D eigenvalue weighted by Crippen LogP contribution is 2.41. The van der Waals surface area contributed by atoms with Gasteiger partial charge in [-0.15, -0.1) is 18.2 Å². The maximum atomic E-state index is 11.7. The summed E-state index contributed by atoms with van der Waals surface area (Å²) in [5, 5.41) is 7.33. The van der Waals surface area contributed by atoms with Gasteiger partial charge in [0.1, 0.15) is 0 Å². The molecule has 0 bridgehead atoms. The van der Waals surface area contributed by atoms with Crippen LogP contribution in [0.5, 0.6) is 0 Å². The van der Waals surface area contributed by atoms with Crippen molar-refractivity contribution in [1.29, 1.82) is 0 Å². The second-order valence-corrected chi connectivity index (χ2v) is 10.8. The Morgan fingerprint density at radius 1 is 0.940 bits per heavy atom. The zero-order valence-corrected chi connectivity index (χ0v) is 29.5. The number of carbonyl (C=O) groups excluding carboxylic acids is 1. The predicted molar refractivity (Wildman–Crippen MR) is 220 cm³/mol. The molecular formula is C42H46N2O4S2. The molecule has 1 aliphatic heterocycles. The number of rotatable bonds is 5. The van der Waals surface area contributed by atoms with Crippen molar-refractivity contribution in [2.75, 3.05) is 12.4 Å². The number of esters is 1. The fraction of sp³-hybridized carbons (Fsp3) is 0.190. The fourth-order valence-electron chi connectivity index (χ4n) is 3.44. The average Bonchev–Trinajstić information content (AvgIpc) is 3.13. The highest BCUT2D eigenvalue weighted by molar-refractivity contribution is 7.99. The minimum atomic E-state index is -0.333. The van der Waals surface area contributed by atoms with Gasteiger partial charge in [0.05, 0.1) is 17.9 Å². The second-order valence-electron chi connectivity index (χ2n) is 9.47. The SMILES string of the molecule is C#CC#CC#CC#CC#CC#CC#CC#CC#CC#CC.CCOC(=O)c1ccc(C=Cc2ccc3c(c2)C(C)(C)CCS3)nc1.ONOS.[HH].[HH].[HH].[HH].[HH].[HH].[HH].[HH]. The number of nitrogens with one attached hydrogen (secondary N) is 1. The molecule has 260 valence electrons. The van der Waals surface area contributed by atoms with Crippen molar-refractivity contribution >= 4 is 42.8 Å². The van der Waals surface area contributed by atoms with Crippen LogP contribution in [0.2, 0.25) is 0 Å². The van der Waals surface area contributed by atoms with Crippen molar-refractivity contribution in [1.82, 2.24) is 10.6 Å². The van der Waals surface area contributed by atoms with E-state index in [0.717, 1.165) is 5.69 Å². The van der Waals surface area contributed by atoms with Gasteiger partial charge in [-0.25, -0.2) is 9.08 Å². The summed E-state index contributed by atoms with van der Waals surface area (Å²) in [4.78, 5) is 17.4. The highest BCUT2D eigenvalue weighted by Gasteiger charge is 2.27. The molecule has 3 rings (SSSR count). The van der Waals surface area contributed by atoms with Crippen molar-refractivity contribution in [3.8, 4) is 119 Å². The Bertz CT molecular complexity index is 2170. The number of aromatic nitrogens is 1. The van der Waals surface area contributed by atoms with Crippen LogP contribution in [0.25, 0.3) is 12.2 Å². The number of ether oxygens (including phenoxy) is 1. The van der Waals surface area contributed by atoms with E-state index in [4.69, 9.17) is 16.4 Å². The van der Waals surface area contributed by atoms with Crippen LogP contribution in [-0.4, -0.2) is 28.5 Å². The van der Waals surface area contributed by atoms with Gasteiger partial charge in [-0.2, -0.15) is 0 Å². The molecule has 0 atom stereocenters. The lowest BCUT2D eigenvalue weighted by atomic mass is 9.81. The second kappa shape index (κ2) is 26.8. The largest absolute Gasteiger partial charge is 0.462 e. The first-order chi connectivity index (χ1) is 24.3. The first kappa shape index (κ1) is 41.8. The molecule has 2 aromatic rings. The molecule has 0 unspecified atom stereocenters. The van der Waals surface area contributed by atoms with Crippen LogP contribution in [-0.2, 0) is 14.4 Å². The Kier molecular flexibility index (Phi) is 22.4. The van der Waals surface area contributed by atoms with Crippen molar-refractivity contribution in [3.63, 3.8) is 0 Å². The van der Waals surface area contributed by atoms with E-state index in [1.807, 2.05) is 23.9 Å². The Hall–Kier alpha value is -6.24. The van der Waals surface area contributed by atoms with Crippen LogP contribution in [0.3, 0.4) is 0 Å². The average molecular weight is 707 g/mol. The number of terminal acetylenes is 1. The topological polar surface area (TPSA) is 80.7 Å². The molecule has 0 amide bonds. The van der Waals surface area contributed by atoms with Gasteiger partial charge in [-0.05, 0) is 162 Å². The van der Waals surface area contributed by atoms with E-state index < -0.39 is 0 Å². The molecule has 8 heteroatoms. The van der Waals surface area contributed by atoms with Gasteiger partial charge in [0.15, 0.2) is 0 Å². The number of thiol groups is 1. The molecule has 0 aliphatic carbocycles. The minimum Gasteiger partial charge on any atom is -0.462 e. The number of hydrogen-bond acceptors (Lipinski definition) is 8. The van der Waals surface area contributed by atoms with Crippen molar-refractivity contribution in [2.45, 2.75) is 44.4 Å². The van der Waals surface area contributed by atoms with Crippen molar-refractivity contribution in [3.05, 3.63) is 58.9 Å². The quantitative estimate of drug-likeness (QED) is 0.0973. The monoisotopic (exact) mass is 706 g/mol. The lowest BCUT2D eigenvalue weighted by Crippen LogP contribution is -2.22. The Labute approximate surface area is 317 Å². The molecule has 1 aromatic carbocycles. The van der Waals surface area contributed by atoms with Crippen LogP contribution in [0.4, 0.5) is 0 Å². The third kappa shape index (κ3) is 18.8. The van der Waals surface area contributed by atoms with Crippen LogP contribution < -0.4 is 5.64 Å².